The molecule has 126 valence electrons. The van der Waals surface area contributed by atoms with E-state index in [1.807, 2.05) is 24.3 Å². The van der Waals surface area contributed by atoms with Crippen molar-refractivity contribution in [3.63, 3.8) is 0 Å². The van der Waals surface area contributed by atoms with Gasteiger partial charge >= 0.3 is 0 Å². The maximum absolute atomic E-state index is 10.3. The number of hydrogen-bond donors (Lipinski definition) is 1. The predicted molar refractivity (Wildman–Crippen MR) is 97.6 cm³/mol. The van der Waals surface area contributed by atoms with Crippen molar-refractivity contribution in [2.24, 2.45) is 0 Å². The fraction of sp³-hybridized carbons (Fsp3) is 0.474. The van der Waals surface area contributed by atoms with Crippen LogP contribution in [0.4, 0.5) is 0 Å². The molecule has 0 radical (unpaired) electrons. The molecule has 2 rings (SSSR count). The molecule has 0 atom stereocenters. The molecule has 2 aromatic rings. The van der Waals surface area contributed by atoms with E-state index < -0.39 is 8.07 Å². The lowest BCUT2D eigenvalue weighted by atomic mass is 9.95. The zero-order valence-corrected chi connectivity index (χ0v) is 16.0. The number of hydrogen-bond acceptors (Lipinski definition) is 3. The highest BCUT2D eigenvalue weighted by atomic mass is 28.3. The molecule has 1 heterocycles. The van der Waals surface area contributed by atoms with Crippen LogP contribution in [0.1, 0.15) is 50.7 Å². The Hall–Kier alpha value is -1.68. The highest BCUT2D eigenvalue weighted by Gasteiger charge is 2.29. The van der Waals surface area contributed by atoms with Gasteiger partial charge in [0.2, 0.25) is 0 Å². The molecule has 0 aliphatic heterocycles. The summed E-state index contributed by atoms with van der Waals surface area (Å²) in [6.07, 6.45) is 2.38. The molecule has 1 aromatic carbocycles. The van der Waals surface area contributed by atoms with Crippen LogP contribution in [-0.4, -0.2) is 19.4 Å². The first kappa shape index (κ1) is 17.7. The summed E-state index contributed by atoms with van der Waals surface area (Å²) < 4.78 is 11.8. The summed E-state index contributed by atoms with van der Waals surface area (Å²) >= 11 is 0. The van der Waals surface area contributed by atoms with Crippen LogP contribution in [0.15, 0.2) is 34.9 Å². The lowest BCUT2D eigenvalue weighted by Gasteiger charge is -2.23. The van der Waals surface area contributed by atoms with Gasteiger partial charge in [0.15, 0.2) is 8.07 Å². The van der Waals surface area contributed by atoms with Crippen molar-refractivity contribution in [3.8, 4) is 11.5 Å². The van der Waals surface area contributed by atoms with Crippen molar-refractivity contribution in [1.29, 1.82) is 0 Å². The largest absolute Gasteiger partial charge is 0.508 e. The van der Waals surface area contributed by atoms with Crippen LogP contribution in [-0.2, 0) is 0 Å². The van der Waals surface area contributed by atoms with Crippen molar-refractivity contribution in [1.82, 2.24) is 0 Å². The van der Waals surface area contributed by atoms with Gasteiger partial charge < -0.3 is 14.3 Å². The van der Waals surface area contributed by atoms with E-state index in [4.69, 9.17) is 9.15 Å². The summed E-state index contributed by atoms with van der Waals surface area (Å²) in [5, 5.41) is 11.3. The van der Waals surface area contributed by atoms with Crippen LogP contribution in [0.3, 0.4) is 0 Å². The van der Waals surface area contributed by atoms with Crippen molar-refractivity contribution >= 4 is 13.5 Å². The van der Waals surface area contributed by atoms with Crippen LogP contribution in [0.5, 0.6) is 11.5 Å². The van der Waals surface area contributed by atoms with E-state index in [9.17, 15) is 5.11 Å². The van der Waals surface area contributed by atoms with Gasteiger partial charge in [-0.05, 0) is 36.1 Å². The first-order chi connectivity index (χ1) is 10.7. The minimum atomic E-state index is -1.78. The molecule has 23 heavy (non-hydrogen) atoms. The van der Waals surface area contributed by atoms with Crippen molar-refractivity contribution in [3.05, 3.63) is 41.7 Å². The van der Waals surface area contributed by atoms with Gasteiger partial charge in [-0.2, -0.15) is 0 Å². The summed E-state index contributed by atoms with van der Waals surface area (Å²) in [5.74, 6) is 1.80. The second-order valence-electron chi connectivity index (χ2n) is 7.41. The summed E-state index contributed by atoms with van der Waals surface area (Å²) in [7, 11) is -1.78. The third-order valence-corrected chi connectivity index (χ3v) is 6.66. The molecule has 0 aliphatic carbocycles. The Bertz CT molecular complexity index is 643. The normalized spacial score (nSPS) is 12.2. The Morgan fingerprint density at radius 1 is 1.09 bits per heavy atom. The van der Waals surface area contributed by atoms with Gasteiger partial charge in [0.1, 0.15) is 11.5 Å². The van der Waals surface area contributed by atoms with E-state index in [1.54, 1.807) is 6.26 Å². The van der Waals surface area contributed by atoms with Gasteiger partial charge in [0.05, 0.1) is 17.9 Å². The SMILES string of the molecule is CC(C)c1cc(OC[Si](C)(C)c2ccco2)c(C(C)C)cc1O. The summed E-state index contributed by atoms with van der Waals surface area (Å²) in [5.41, 5.74) is 1.98. The standard InChI is InChI=1S/C19H28O3Si/c1-13(2)15-11-18(16(14(3)4)10-17(15)20)22-12-23(5,6)19-8-7-9-21-19/h7-11,13-14,20H,12H2,1-6H3. The van der Waals surface area contributed by atoms with E-state index in [2.05, 4.69) is 40.8 Å². The molecule has 3 nitrogen and oxygen atoms in total. The Morgan fingerprint density at radius 2 is 1.74 bits per heavy atom. The van der Waals surface area contributed by atoms with Crippen molar-refractivity contribution < 1.29 is 14.3 Å². The van der Waals surface area contributed by atoms with Gasteiger partial charge in [0, 0.05) is 11.1 Å². The molecule has 0 saturated carbocycles. The molecular formula is C19H28O3Si. The molecule has 0 saturated heterocycles. The van der Waals surface area contributed by atoms with Gasteiger partial charge in [-0.15, -0.1) is 0 Å². The molecule has 4 heteroatoms. The van der Waals surface area contributed by atoms with E-state index in [-0.39, 0.29) is 5.92 Å². The summed E-state index contributed by atoms with van der Waals surface area (Å²) in [6.45, 7) is 12.9. The lowest BCUT2D eigenvalue weighted by Crippen LogP contribution is -2.46. The Kier molecular flexibility index (Phi) is 5.25. The summed E-state index contributed by atoms with van der Waals surface area (Å²) in [6, 6.07) is 7.83. The van der Waals surface area contributed by atoms with E-state index >= 15 is 0 Å². The number of ether oxygens (including phenoxy) is 1. The third kappa shape index (κ3) is 3.99. The molecule has 0 bridgehead atoms. The minimum absolute atomic E-state index is 0.258. The number of phenolic OH excluding ortho intramolecular Hbond substituents is 1. The van der Waals surface area contributed by atoms with Crippen molar-refractivity contribution in [2.45, 2.75) is 52.6 Å². The van der Waals surface area contributed by atoms with Crippen LogP contribution in [0.25, 0.3) is 0 Å². The van der Waals surface area contributed by atoms with Gasteiger partial charge in [-0.1, -0.05) is 40.8 Å². The molecule has 1 aromatic heterocycles. The predicted octanol–water partition coefficient (Wildman–Crippen LogP) is 4.77. The Labute approximate surface area is 140 Å². The van der Waals surface area contributed by atoms with Crippen LogP contribution in [0, 0.1) is 0 Å². The molecule has 1 N–H and O–H groups in total. The maximum atomic E-state index is 10.3. The maximum Gasteiger partial charge on any atom is 0.168 e. The quantitative estimate of drug-likeness (QED) is 0.775. The number of furan rings is 1. The van der Waals surface area contributed by atoms with Crippen molar-refractivity contribution in [2.75, 3.05) is 6.23 Å². The van der Waals surface area contributed by atoms with E-state index in [1.165, 1.54) is 0 Å². The average Bonchev–Trinajstić information content (AvgIpc) is 3.00. The molecule has 0 fully saturated rings. The van der Waals surface area contributed by atoms with Crippen LogP contribution in [0.2, 0.25) is 13.1 Å². The number of phenols is 1. The third-order valence-electron chi connectivity index (χ3n) is 4.18. The molecule has 0 aliphatic rings. The number of aromatic hydroxyl groups is 1. The molecule has 0 amide bonds. The van der Waals surface area contributed by atoms with Gasteiger partial charge in [0.25, 0.3) is 0 Å². The second kappa shape index (κ2) is 6.83. The zero-order valence-electron chi connectivity index (χ0n) is 15.0. The highest BCUT2D eigenvalue weighted by Crippen LogP contribution is 2.36. The zero-order chi connectivity index (χ0) is 17.2. The first-order valence-electron chi connectivity index (χ1n) is 8.26. The fourth-order valence-electron chi connectivity index (χ4n) is 2.63. The summed E-state index contributed by atoms with van der Waals surface area (Å²) in [4.78, 5) is 0. The average molecular weight is 333 g/mol. The van der Waals surface area contributed by atoms with E-state index in [0.717, 1.165) is 22.3 Å². The fourth-order valence-corrected chi connectivity index (χ4v) is 4.22. The van der Waals surface area contributed by atoms with E-state index in [0.29, 0.717) is 17.9 Å². The van der Waals surface area contributed by atoms with Gasteiger partial charge in [-0.3, -0.25) is 0 Å². The topological polar surface area (TPSA) is 42.6 Å². The second-order valence-corrected chi connectivity index (χ2v) is 12.0. The molecular weight excluding hydrogens is 304 g/mol. The minimum Gasteiger partial charge on any atom is -0.508 e. The smallest absolute Gasteiger partial charge is 0.168 e. The highest BCUT2D eigenvalue weighted by molar-refractivity contribution is 6.88. The Morgan fingerprint density at radius 3 is 2.26 bits per heavy atom. The first-order valence-corrected chi connectivity index (χ1v) is 11.5. The van der Waals surface area contributed by atoms with Gasteiger partial charge in [-0.25, -0.2) is 0 Å². The lowest BCUT2D eigenvalue weighted by molar-refractivity contribution is 0.368. The monoisotopic (exact) mass is 332 g/mol. The Balaban J connectivity index is 2.29. The number of benzene rings is 1. The number of rotatable bonds is 6. The van der Waals surface area contributed by atoms with Crippen LogP contribution < -0.4 is 10.1 Å². The molecule has 0 spiro atoms. The molecule has 0 unspecified atom stereocenters. The van der Waals surface area contributed by atoms with Crippen LogP contribution >= 0.6 is 0 Å².